The topological polar surface area (TPSA) is 107 Å². The summed E-state index contributed by atoms with van der Waals surface area (Å²) >= 11 is 0. The van der Waals surface area contributed by atoms with Crippen LogP contribution in [0.2, 0.25) is 0 Å². The number of likely N-dealkylation sites (tertiary alicyclic amines) is 1. The van der Waals surface area contributed by atoms with Crippen LogP contribution in [0.3, 0.4) is 0 Å². The first-order valence-corrected chi connectivity index (χ1v) is 9.67. The second-order valence-corrected chi connectivity index (χ2v) is 7.56. The zero-order valence-corrected chi connectivity index (χ0v) is 17.7. The van der Waals surface area contributed by atoms with Crippen molar-refractivity contribution in [3.05, 3.63) is 41.9 Å². The minimum Gasteiger partial charge on any atom is -0.493 e. The van der Waals surface area contributed by atoms with Gasteiger partial charge in [0.1, 0.15) is 0 Å². The number of rotatable bonds is 5. The number of hydrogen-bond donors (Lipinski definition) is 2. The first-order valence-electron chi connectivity index (χ1n) is 9.67. The van der Waals surface area contributed by atoms with Crippen LogP contribution in [-0.2, 0) is 0 Å². The van der Waals surface area contributed by atoms with Crippen LogP contribution in [0.15, 0.2) is 34.9 Å². The van der Waals surface area contributed by atoms with Crippen molar-refractivity contribution in [2.24, 2.45) is 17.6 Å². The Kier molecular flexibility index (Phi) is 6.58. The summed E-state index contributed by atoms with van der Waals surface area (Å²) in [5.41, 5.74) is 6.90. The number of anilines is 1. The van der Waals surface area contributed by atoms with Crippen molar-refractivity contribution < 1.29 is 23.5 Å². The summed E-state index contributed by atoms with van der Waals surface area (Å²) < 4.78 is 15.9. The van der Waals surface area contributed by atoms with Crippen LogP contribution in [0.25, 0.3) is 0 Å². The highest BCUT2D eigenvalue weighted by Crippen LogP contribution is 2.39. The largest absolute Gasteiger partial charge is 0.493 e. The molecule has 4 rings (SSSR count). The summed E-state index contributed by atoms with van der Waals surface area (Å²) in [4.78, 5) is 27.7. The second kappa shape index (κ2) is 8.97. The second-order valence-electron chi connectivity index (χ2n) is 7.56. The van der Waals surface area contributed by atoms with Crippen molar-refractivity contribution >= 4 is 29.9 Å². The molecule has 3 N–H and O–H groups in total. The highest BCUT2D eigenvalue weighted by molar-refractivity contribution is 6.08. The first kappa shape index (κ1) is 22.0. The Morgan fingerprint density at radius 3 is 2.53 bits per heavy atom. The molecule has 2 heterocycles. The Morgan fingerprint density at radius 2 is 1.90 bits per heavy atom. The van der Waals surface area contributed by atoms with Crippen molar-refractivity contribution in [1.29, 1.82) is 0 Å². The van der Waals surface area contributed by atoms with E-state index in [0.717, 1.165) is 12.8 Å². The number of nitrogens with one attached hydrogen (secondary N) is 1. The summed E-state index contributed by atoms with van der Waals surface area (Å²) in [6, 6.07) is 6.52. The van der Waals surface area contributed by atoms with Crippen LogP contribution in [0.1, 0.15) is 33.8 Å². The zero-order chi connectivity index (χ0) is 20.5. The van der Waals surface area contributed by atoms with E-state index in [1.807, 2.05) is 4.90 Å². The Hall–Kier alpha value is -2.71. The van der Waals surface area contributed by atoms with Crippen LogP contribution in [0.5, 0.6) is 11.5 Å². The Labute approximate surface area is 181 Å². The Balaban J connectivity index is 0.00000256. The molecule has 3 atom stereocenters. The number of carbonyl (C=O) groups is 2. The van der Waals surface area contributed by atoms with E-state index >= 15 is 0 Å². The molecule has 0 radical (unpaired) electrons. The molecule has 2 fully saturated rings. The van der Waals surface area contributed by atoms with Crippen LogP contribution in [0, 0.1) is 11.8 Å². The first-order chi connectivity index (χ1) is 14.0. The van der Waals surface area contributed by atoms with Gasteiger partial charge < -0.3 is 29.8 Å². The fourth-order valence-electron chi connectivity index (χ4n) is 4.39. The number of fused-ring (bicyclic) bond motifs is 1. The van der Waals surface area contributed by atoms with Gasteiger partial charge in [-0.2, -0.15) is 0 Å². The maximum atomic E-state index is 13.4. The number of nitrogens with zero attached hydrogens (tertiary/aromatic N) is 1. The van der Waals surface area contributed by atoms with Crippen molar-refractivity contribution in [2.75, 3.05) is 32.6 Å². The van der Waals surface area contributed by atoms with E-state index < -0.39 is 5.91 Å². The van der Waals surface area contributed by atoms with Gasteiger partial charge in [-0.3, -0.25) is 9.59 Å². The lowest BCUT2D eigenvalue weighted by molar-refractivity contribution is 0.0780. The number of amides is 2. The van der Waals surface area contributed by atoms with Crippen molar-refractivity contribution in [2.45, 2.75) is 18.9 Å². The van der Waals surface area contributed by atoms with Crippen LogP contribution >= 0.6 is 12.4 Å². The van der Waals surface area contributed by atoms with Gasteiger partial charge in [0.15, 0.2) is 17.3 Å². The SMILES string of the molecule is COc1cc(NC(=O)c2ccco2)c(C(=O)N2CC3CCC(N)C3C2)cc1OC.Cl. The van der Waals surface area contributed by atoms with Crippen molar-refractivity contribution in [3.63, 3.8) is 0 Å². The molecular formula is C21H26ClN3O5. The van der Waals surface area contributed by atoms with E-state index in [2.05, 4.69) is 5.32 Å². The van der Waals surface area contributed by atoms with Gasteiger partial charge in [0.05, 0.1) is 31.7 Å². The molecule has 1 aromatic carbocycles. The van der Waals surface area contributed by atoms with E-state index in [1.165, 1.54) is 20.5 Å². The van der Waals surface area contributed by atoms with Gasteiger partial charge in [0.25, 0.3) is 11.8 Å². The van der Waals surface area contributed by atoms with Crippen LogP contribution in [0.4, 0.5) is 5.69 Å². The number of hydrogen-bond acceptors (Lipinski definition) is 6. The normalized spacial score (nSPS) is 22.2. The average Bonchev–Trinajstić information content (AvgIpc) is 3.46. The minimum absolute atomic E-state index is 0. The van der Waals surface area contributed by atoms with Crippen LogP contribution < -0.4 is 20.5 Å². The van der Waals surface area contributed by atoms with Gasteiger partial charge in [-0.25, -0.2) is 0 Å². The molecular weight excluding hydrogens is 410 g/mol. The smallest absolute Gasteiger partial charge is 0.291 e. The lowest BCUT2D eigenvalue weighted by Crippen LogP contribution is -2.34. The lowest BCUT2D eigenvalue weighted by Gasteiger charge is -2.21. The summed E-state index contributed by atoms with van der Waals surface area (Å²) in [7, 11) is 3.01. The monoisotopic (exact) mass is 435 g/mol. The highest BCUT2D eigenvalue weighted by Gasteiger charge is 2.43. The zero-order valence-electron chi connectivity index (χ0n) is 16.9. The number of halogens is 1. The quantitative estimate of drug-likeness (QED) is 0.747. The molecule has 0 spiro atoms. The number of benzene rings is 1. The molecule has 2 amide bonds. The highest BCUT2D eigenvalue weighted by atomic mass is 35.5. The summed E-state index contributed by atoms with van der Waals surface area (Å²) in [6.45, 7) is 1.31. The standard InChI is InChI=1S/C21H25N3O5.ClH/c1-27-18-8-13(21(26)24-10-12-5-6-15(22)14(12)11-24)16(9-19(18)28-2)23-20(25)17-4-3-7-29-17;/h3-4,7-9,12,14-15H,5-6,10-11,22H2,1-2H3,(H,23,25);1H. The maximum Gasteiger partial charge on any atom is 0.291 e. The number of methoxy groups -OCH3 is 2. The van der Waals surface area contributed by atoms with Crippen molar-refractivity contribution in [3.8, 4) is 11.5 Å². The lowest BCUT2D eigenvalue weighted by atomic mass is 9.98. The van der Waals surface area contributed by atoms with E-state index in [0.29, 0.717) is 47.7 Å². The molecule has 2 aromatic rings. The Bertz CT molecular complexity index is 918. The number of furan rings is 1. The maximum absolute atomic E-state index is 13.4. The summed E-state index contributed by atoms with van der Waals surface area (Å²) in [5.74, 6) is 1.15. The van der Waals surface area contributed by atoms with Gasteiger partial charge in [-0.05, 0) is 42.9 Å². The van der Waals surface area contributed by atoms with Gasteiger partial charge in [0.2, 0.25) is 0 Å². The third-order valence-corrected chi connectivity index (χ3v) is 5.95. The summed E-state index contributed by atoms with van der Waals surface area (Å²) in [6.07, 6.45) is 3.48. The van der Waals surface area contributed by atoms with Gasteiger partial charge in [0, 0.05) is 25.2 Å². The fourth-order valence-corrected chi connectivity index (χ4v) is 4.39. The molecule has 3 unspecified atom stereocenters. The van der Waals surface area contributed by atoms with Gasteiger partial charge >= 0.3 is 0 Å². The molecule has 1 aliphatic heterocycles. The molecule has 0 bridgehead atoms. The van der Waals surface area contributed by atoms with Crippen LogP contribution in [-0.4, -0.2) is 50.1 Å². The molecule has 1 saturated heterocycles. The molecule has 162 valence electrons. The van der Waals surface area contributed by atoms with E-state index in [9.17, 15) is 9.59 Å². The number of carbonyl (C=O) groups excluding carboxylic acids is 2. The molecule has 1 aliphatic carbocycles. The minimum atomic E-state index is -0.448. The molecule has 1 aromatic heterocycles. The number of nitrogens with two attached hydrogens (primary N) is 1. The fraction of sp³-hybridized carbons (Fsp3) is 0.429. The molecule has 2 aliphatic rings. The van der Waals surface area contributed by atoms with Crippen molar-refractivity contribution in [1.82, 2.24) is 4.90 Å². The summed E-state index contributed by atoms with van der Waals surface area (Å²) in [5, 5.41) is 2.76. The predicted octanol–water partition coefficient (Wildman–Crippen LogP) is 2.78. The third-order valence-electron chi connectivity index (χ3n) is 5.95. The van der Waals surface area contributed by atoms with Gasteiger partial charge in [-0.15, -0.1) is 12.4 Å². The predicted molar refractivity (Wildman–Crippen MR) is 114 cm³/mol. The third kappa shape index (κ3) is 3.97. The molecule has 8 nitrogen and oxygen atoms in total. The van der Waals surface area contributed by atoms with E-state index in [-0.39, 0.29) is 30.1 Å². The molecule has 1 saturated carbocycles. The van der Waals surface area contributed by atoms with E-state index in [1.54, 1.807) is 24.3 Å². The van der Waals surface area contributed by atoms with E-state index in [4.69, 9.17) is 19.6 Å². The van der Waals surface area contributed by atoms with Gasteiger partial charge in [-0.1, -0.05) is 0 Å². The molecule has 9 heteroatoms. The number of ether oxygens (including phenoxy) is 2. The average molecular weight is 436 g/mol. The Morgan fingerprint density at radius 1 is 1.17 bits per heavy atom. The molecule has 30 heavy (non-hydrogen) atoms.